The van der Waals surface area contributed by atoms with E-state index in [-0.39, 0.29) is 49.1 Å². The van der Waals surface area contributed by atoms with Gasteiger partial charge >= 0.3 is 0 Å². The van der Waals surface area contributed by atoms with Gasteiger partial charge in [-0.2, -0.15) is 0 Å². The van der Waals surface area contributed by atoms with E-state index in [0.717, 1.165) is 6.42 Å². The molecule has 0 saturated heterocycles. The number of carbonyl (C=O) groups excluding carboxylic acids is 3. The molecule has 0 aliphatic carbocycles. The van der Waals surface area contributed by atoms with E-state index in [4.69, 9.17) is 21.7 Å². The summed E-state index contributed by atoms with van der Waals surface area (Å²) in [5, 5.41) is 27.2. The number of carbonyl (C=O) groups is 3. The molecule has 0 amide bonds. The van der Waals surface area contributed by atoms with Crippen molar-refractivity contribution >= 4 is 17.3 Å². The molecule has 0 radical (unpaired) electrons. The Hall–Kier alpha value is -1.19. The third kappa shape index (κ3) is 20.5. The number of hydrogen-bond donors (Lipinski definition) is 5. The van der Waals surface area contributed by atoms with Gasteiger partial charge in [0.2, 0.25) is 0 Å². The normalized spacial score (nSPS) is 13.3. The van der Waals surface area contributed by atoms with Crippen LogP contribution >= 0.6 is 0 Å². The summed E-state index contributed by atoms with van der Waals surface area (Å²) in [5.74, 6) is -0.550. The van der Waals surface area contributed by atoms with E-state index in [9.17, 15) is 19.5 Å². The number of nitrogens with two attached hydrogens (primary N) is 2. The van der Waals surface area contributed by atoms with Crippen molar-refractivity contribution in [2.45, 2.75) is 99.9 Å². The molecule has 8 heteroatoms. The van der Waals surface area contributed by atoms with Gasteiger partial charge in [-0.1, -0.05) is 62.3 Å². The van der Waals surface area contributed by atoms with Gasteiger partial charge in [0.1, 0.15) is 18.3 Å². The maximum atomic E-state index is 11.1. The highest BCUT2D eigenvalue weighted by Crippen LogP contribution is 2.05. The molecule has 31 heavy (non-hydrogen) atoms. The smallest absolute Gasteiger partial charge is 0.165 e. The van der Waals surface area contributed by atoms with Gasteiger partial charge in [0.15, 0.2) is 17.3 Å². The molecule has 8 nitrogen and oxygen atoms in total. The quantitative estimate of drug-likeness (QED) is 0.300. The van der Waals surface area contributed by atoms with E-state index < -0.39 is 18.3 Å². The number of aliphatic hydroxyl groups excluding tert-OH is 3. The second-order valence-electron chi connectivity index (χ2n) is 8.17. The Bertz CT molecular complexity index is 467. The summed E-state index contributed by atoms with van der Waals surface area (Å²) in [7, 11) is 0. The summed E-state index contributed by atoms with van der Waals surface area (Å²) in [4.78, 5) is 32.8. The summed E-state index contributed by atoms with van der Waals surface area (Å²) in [6.07, 6.45) is 0.151. The van der Waals surface area contributed by atoms with Crippen molar-refractivity contribution in [2.75, 3.05) is 13.1 Å². The van der Waals surface area contributed by atoms with Gasteiger partial charge in [0, 0.05) is 24.3 Å². The maximum Gasteiger partial charge on any atom is 0.165 e. The van der Waals surface area contributed by atoms with Gasteiger partial charge in [0.05, 0.1) is 0 Å². The van der Waals surface area contributed by atoms with Crippen LogP contribution in [0.1, 0.15) is 81.6 Å². The standard InChI is InChI=1S/C8H17NO2.C8H16O2.C6H13NO2.CH4/c1-6(2)8(11)7(10)4-3-5-9;1-4-5-7(9)8(10)6(2)3;1-4(2)6(9)5(8)3-7;/h6-7,10H,3-5,9H2,1-2H3;6-7,9H,4-5H2,1-3H3;4-5,8H,3,7H2,1-2H3;1H4. The van der Waals surface area contributed by atoms with Crippen LogP contribution in [0.5, 0.6) is 0 Å². The number of Topliss-reactive ketones (excluding diaryl/α,β-unsaturated/α-hetero) is 3. The molecule has 7 N–H and O–H groups in total. The molecule has 0 saturated carbocycles. The van der Waals surface area contributed by atoms with Crippen LogP contribution in [0.4, 0.5) is 0 Å². The molecule has 0 rings (SSSR count). The zero-order valence-electron chi connectivity index (χ0n) is 19.9. The lowest BCUT2D eigenvalue weighted by Gasteiger charge is -2.10. The molecule has 0 fully saturated rings. The largest absolute Gasteiger partial charge is 0.385 e. The van der Waals surface area contributed by atoms with E-state index in [1.165, 1.54) is 0 Å². The summed E-state index contributed by atoms with van der Waals surface area (Å²) in [6, 6.07) is 0. The molecule has 3 unspecified atom stereocenters. The van der Waals surface area contributed by atoms with Gasteiger partial charge in [-0.15, -0.1) is 0 Å². The summed E-state index contributed by atoms with van der Waals surface area (Å²) < 4.78 is 0. The topological polar surface area (TPSA) is 164 Å². The number of hydrogen-bond acceptors (Lipinski definition) is 8. The van der Waals surface area contributed by atoms with Gasteiger partial charge in [-0.25, -0.2) is 0 Å². The van der Waals surface area contributed by atoms with E-state index in [0.29, 0.717) is 25.8 Å². The molecular weight excluding hydrogens is 400 g/mol. The van der Waals surface area contributed by atoms with Crippen molar-refractivity contribution in [1.82, 2.24) is 0 Å². The minimum Gasteiger partial charge on any atom is -0.385 e. The highest BCUT2D eigenvalue weighted by atomic mass is 16.3. The van der Waals surface area contributed by atoms with Crippen LogP contribution in [0.3, 0.4) is 0 Å². The molecule has 0 spiro atoms. The Morgan fingerprint density at radius 2 is 1.00 bits per heavy atom. The van der Waals surface area contributed by atoms with Crippen LogP contribution in [0.2, 0.25) is 0 Å². The second kappa shape index (κ2) is 22.0. The first-order chi connectivity index (χ1) is 13.8. The lowest BCUT2D eigenvalue weighted by molar-refractivity contribution is -0.131. The van der Waals surface area contributed by atoms with E-state index in [1.807, 2.05) is 6.92 Å². The van der Waals surface area contributed by atoms with Crippen molar-refractivity contribution in [3.63, 3.8) is 0 Å². The average Bonchev–Trinajstić information content (AvgIpc) is 2.70. The Labute approximate surface area is 189 Å². The molecule has 0 aromatic rings. The Morgan fingerprint density at radius 3 is 1.23 bits per heavy atom. The van der Waals surface area contributed by atoms with Crippen LogP contribution in [0.25, 0.3) is 0 Å². The molecule has 0 bridgehead atoms. The van der Waals surface area contributed by atoms with Gasteiger partial charge < -0.3 is 26.8 Å². The first-order valence-corrected chi connectivity index (χ1v) is 10.8. The molecule has 188 valence electrons. The molecule has 0 heterocycles. The third-order valence-electron chi connectivity index (χ3n) is 4.16. The predicted molar refractivity (Wildman–Crippen MR) is 127 cm³/mol. The fourth-order valence-electron chi connectivity index (χ4n) is 2.14. The molecule has 0 aliphatic rings. The van der Waals surface area contributed by atoms with Crippen LogP contribution in [-0.2, 0) is 14.4 Å². The lowest BCUT2D eigenvalue weighted by atomic mass is 10.0. The van der Waals surface area contributed by atoms with Crippen molar-refractivity contribution in [1.29, 1.82) is 0 Å². The van der Waals surface area contributed by atoms with Crippen LogP contribution in [-0.4, -0.2) is 64.1 Å². The van der Waals surface area contributed by atoms with Crippen LogP contribution in [0, 0.1) is 17.8 Å². The SMILES string of the molecule is C.CC(C)C(=O)C(O)CCCN.CC(C)C(=O)C(O)CN.CCCC(O)C(=O)C(C)C. The Morgan fingerprint density at radius 1 is 0.677 bits per heavy atom. The molecule has 0 aromatic carbocycles. The van der Waals surface area contributed by atoms with Gasteiger partial charge in [0.25, 0.3) is 0 Å². The second-order valence-corrected chi connectivity index (χ2v) is 8.17. The highest BCUT2D eigenvalue weighted by molar-refractivity contribution is 5.85. The fraction of sp³-hybridized carbons (Fsp3) is 0.870. The summed E-state index contributed by atoms with van der Waals surface area (Å²) in [6.45, 7) is 13.2. The monoisotopic (exact) mass is 450 g/mol. The minimum atomic E-state index is -0.968. The van der Waals surface area contributed by atoms with Gasteiger partial charge in [-0.05, 0) is 25.8 Å². The first kappa shape index (κ1) is 37.1. The summed E-state index contributed by atoms with van der Waals surface area (Å²) in [5.41, 5.74) is 10.3. The molecule has 0 aliphatic heterocycles. The van der Waals surface area contributed by atoms with Crippen molar-refractivity contribution in [3.8, 4) is 0 Å². The predicted octanol–water partition coefficient (Wildman–Crippen LogP) is 1.85. The van der Waals surface area contributed by atoms with Crippen LogP contribution in [0.15, 0.2) is 0 Å². The van der Waals surface area contributed by atoms with Gasteiger partial charge in [-0.3, -0.25) is 14.4 Å². The van der Waals surface area contributed by atoms with E-state index >= 15 is 0 Å². The van der Waals surface area contributed by atoms with Crippen LogP contribution < -0.4 is 11.5 Å². The number of rotatable bonds is 12. The lowest BCUT2D eigenvalue weighted by Crippen LogP contribution is -2.32. The third-order valence-corrected chi connectivity index (χ3v) is 4.16. The molecular formula is C23H50N2O6. The zero-order chi connectivity index (χ0) is 24.4. The minimum absolute atomic E-state index is 0. The van der Waals surface area contributed by atoms with Crippen molar-refractivity contribution < 1.29 is 29.7 Å². The first-order valence-electron chi connectivity index (χ1n) is 10.8. The molecule has 3 atom stereocenters. The summed E-state index contributed by atoms with van der Waals surface area (Å²) >= 11 is 0. The molecule has 0 aromatic heterocycles. The van der Waals surface area contributed by atoms with Crippen molar-refractivity contribution in [2.24, 2.45) is 29.2 Å². The maximum absolute atomic E-state index is 11.1. The number of ketones is 3. The average molecular weight is 451 g/mol. The van der Waals surface area contributed by atoms with Crippen molar-refractivity contribution in [3.05, 3.63) is 0 Å². The Balaban J connectivity index is -0.000000174. The fourth-order valence-corrected chi connectivity index (χ4v) is 2.14. The highest BCUT2D eigenvalue weighted by Gasteiger charge is 2.17. The van der Waals surface area contributed by atoms with E-state index in [1.54, 1.807) is 41.5 Å². The Kier molecular flexibility index (Phi) is 26.4. The zero-order valence-corrected chi connectivity index (χ0v) is 19.9. The van der Waals surface area contributed by atoms with E-state index in [2.05, 4.69) is 0 Å². The number of aliphatic hydroxyl groups is 3.